The Bertz CT molecular complexity index is 1090. The lowest BCUT2D eigenvalue weighted by Crippen LogP contribution is -2.44. The molecule has 2 amide bonds. The molecular weight excluding hydrogens is 513 g/mol. The number of benzene rings is 2. The zero-order chi connectivity index (χ0) is 28.3. The van der Waals surface area contributed by atoms with E-state index in [0.29, 0.717) is 19.5 Å². The first kappa shape index (κ1) is 30.9. The standard InChI is InChI=1S/C30H44N3O5P/c1-23(2)28(33(22-34)19-27-15-9-14-26(16-27)18-31)21-39(36,37)29(17-24-10-5-3-6-11-24)32-30(35)38-20-25-12-7-4-8-13-25/h4,7-9,12-16,22-24,28-29H,3,5-6,10-11,17-21,31H2,1-2H3,(H,32,35)(H,36,37). The van der Waals surface area contributed by atoms with Crippen molar-refractivity contribution in [1.29, 1.82) is 0 Å². The Morgan fingerprint density at radius 1 is 1.10 bits per heavy atom. The molecule has 9 heteroatoms. The third-order valence-corrected chi connectivity index (χ3v) is 9.85. The Morgan fingerprint density at radius 3 is 2.41 bits per heavy atom. The van der Waals surface area contributed by atoms with E-state index in [1.54, 1.807) is 4.90 Å². The van der Waals surface area contributed by atoms with Crippen molar-refractivity contribution in [2.45, 2.75) is 83.9 Å². The minimum absolute atomic E-state index is 0.0753. The van der Waals surface area contributed by atoms with Gasteiger partial charge in [-0.1, -0.05) is 101 Å². The number of ether oxygens (including phenoxy) is 1. The summed E-state index contributed by atoms with van der Waals surface area (Å²) in [6.45, 7) is 4.65. The Labute approximate surface area is 232 Å². The summed E-state index contributed by atoms with van der Waals surface area (Å²) >= 11 is 0. The van der Waals surface area contributed by atoms with Gasteiger partial charge in [0, 0.05) is 25.3 Å². The van der Waals surface area contributed by atoms with Crippen LogP contribution in [0, 0.1) is 11.8 Å². The van der Waals surface area contributed by atoms with E-state index in [2.05, 4.69) is 5.32 Å². The molecule has 0 bridgehead atoms. The molecule has 2 aromatic carbocycles. The van der Waals surface area contributed by atoms with Crippen molar-refractivity contribution in [1.82, 2.24) is 10.2 Å². The van der Waals surface area contributed by atoms with Crippen LogP contribution in [-0.4, -0.2) is 40.3 Å². The van der Waals surface area contributed by atoms with E-state index < -0.39 is 25.3 Å². The van der Waals surface area contributed by atoms with Crippen molar-refractivity contribution in [3.8, 4) is 0 Å². The number of nitrogens with one attached hydrogen (secondary N) is 1. The van der Waals surface area contributed by atoms with Gasteiger partial charge in [-0.15, -0.1) is 0 Å². The number of carbonyl (C=O) groups is 2. The van der Waals surface area contributed by atoms with Crippen LogP contribution in [0.2, 0.25) is 0 Å². The van der Waals surface area contributed by atoms with Gasteiger partial charge in [0.2, 0.25) is 13.8 Å². The first-order chi connectivity index (χ1) is 18.7. The number of amides is 2. The quantitative estimate of drug-likeness (QED) is 0.205. The van der Waals surface area contributed by atoms with Gasteiger partial charge in [0.15, 0.2) is 0 Å². The molecule has 3 atom stereocenters. The SMILES string of the molecule is CC(C)C(CP(=O)(O)C(CC1CCCCC1)NC(=O)OCc1ccccc1)N(C=O)Cc1cccc(CN)c1. The topological polar surface area (TPSA) is 122 Å². The maximum Gasteiger partial charge on any atom is 0.408 e. The van der Waals surface area contributed by atoms with Crippen LogP contribution in [0.15, 0.2) is 54.6 Å². The molecule has 0 heterocycles. The van der Waals surface area contributed by atoms with Crippen molar-refractivity contribution in [2.24, 2.45) is 17.6 Å². The molecule has 0 aliphatic heterocycles. The first-order valence-electron chi connectivity index (χ1n) is 14.0. The van der Waals surface area contributed by atoms with E-state index in [-0.39, 0.29) is 24.6 Å². The molecule has 3 rings (SSSR count). The van der Waals surface area contributed by atoms with Crippen molar-refractivity contribution < 1.29 is 23.8 Å². The highest BCUT2D eigenvalue weighted by Gasteiger charge is 2.39. The fraction of sp³-hybridized carbons (Fsp3) is 0.533. The fourth-order valence-corrected chi connectivity index (χ4v) is 7.71. The monoisotopic (exact) mass is 557 g/mol. The normalized spacial score (nSPS) is 17.2. The molecule has 4 N–H and O–H groups in total. The van der Waals surface area contributed by atoms with Gasteiger partial charge in [-0.2, -0.15) is 0 Å². The van der Waals surface area contributed by atoms with Crippen molar-refractivity contribution in [3.05, 3.63) is 71.3 Å². The predicted octanol–water partition coefficient (Wildman–Crippen LogP) is 5.62. The zero-order valence-corrected chi connectivity index (χ0v) is 24.1. The predicted molar refractivity (Wildman–Crippen MR) is 154 cm³/mol. The summed E-state index contributed by atoms with van der Waals surface area (Å²) in [5.74, 6) is -0.759. The van der Waals surface area contributed by atoms with E-state index in [9.17, 15) is 19.0 Å². The van der Waals surface area contributed by atoms with Crippen LogP contribution in [0.4, 0.5) is 4.79 Å². The Morgan fingerprint density at radius 2 is 1.77 bits per heavy atom. The maximum absolute atomic E-state index is 14.0. The van der Waals surface area contributed by atoms with Gasteiger partial charge >= 0.3 is 6.09 Å². The number of nitrogens with zero attached hydrogens (tertiary/aromatic N) is 1. The summed E-state index contributed by atoms with van der Waals surface area (Å²) in [6, 6.07) is 16.5. The van der Waals surface area contributed by atoms with Crippen LogP contribution in [-0.2, 0) is 33.8 Å². The minimum Gasteiger partial charge on any atom is -0.445 e. The van der Waals surface area contributed by atoms with Gasteiger partial charge in [0.1, 0.15) is 12.4 Å². The van der Waals surface area contributed by atoms with E-state index in [1.165, 1.54) is 6.42 Å². The largest absolute Gasteiger partial charge is 0.445 e. The van der Waals surface area contributed by atoms with Crippen molar-refractivity contribution in [2.75, 3.05) is 6.16 Å². The molecule has 214 valence electrons. The highest BCUT2D eigenvalue weighted by Crippen LogP contribution is 2.50. The number of nitrogens with two attached hydrogens (primary N) is 1. The smallest absolute Gasteiger partial charge is 0.408 e. The summed E-state index contributed by atoms with van der Waals surface area (Å²) in [5, 5.41) is 2.75. The Kier molecular flexibility index (Phi) is 12.0. The van der Waals surface area contributed by atoms with Crippen molar-refractivity contribution >= 4 is 19.9 Å². The molecule has 2 aromatic rings. The second-order valence-electron chi connectivity index (χ2n) is 11.0. The van der Waals surface area contributed by atoms with E-state index >= 15 is 0 Å². The van der Waals surface area contributed by atoms with Crippen molar-refractivity contribution in [3.63, 3.8) is 0 Å². The number of rotatable bonds is 14. The second-order valence-corrected chi connectivity index (χ2v) is 13.5. The fourth-order valence-electron chi connectivity index (χ4n) is 5.36. The molecular formula is C30H44N3O5P. The van der Waals surface area contributed by atoms with Crippen LogP contribution < -0.4 is 11.1 Å². The molecule has 1 saturated carbocycles. The summed E-state index contributed by atoms with van der Waals surface area (Å²) in [4.78, 5) is 38.1. The van der Waals surface area contributed by atoms with E-state index in [0.717, 1.165) is 48.8 Å². The van der Waals surface area contributed by atoms with Gasteiger partial charge in [-0.05, 0) is 34.9 Å². The number of hydrogen-bond donors (Lipinski definition) is 3. The minimum atomic E-state index is -3.95. The van der Waals surface area contributed by atoms with Crippen LogP contribution in [0.5, 0.6) is 0 Å². The van der Waals surface area contributed by atoms with Gasteiger partial charge in [0.25, 0.3) is 0 Å². The molecule has 1 aliphatic rings. The summed E-state index contributed by atoms with van der Waals surface area (Å²) in [6.07, 6.45) is 5.63. The van der Waals surface area contributed by atoms with Gasteiger partial charge in [-0.25, -0.2) is 4.79 Å². The molecule has 1 aliphatic carbocycles. The average Bonchev–Trinajstić information content (AvgIpc) is 2.94. The average molecular weight is 558 g/mol. The highest BCUT2D eigenvalue weighted by atomic mass is 31.2. The molecule has 0 aromatic heterocycles. The first-order valence-corrected chi connectivity index (χ1v) is 15.9. The summed E-state index contributed by atoms with van der Waals surface area (Å²) < 4.78 is 19.4. The van der Waals surface area contributed by atoms with Crippen LogP contribution in [0.3, 0.4) is 0 Å². The van der Waals surface area contributed by atoms with Gasteiger partial charge in [-0.3, -0.25) is 9.36 Å². The second kappa shape index (κ2) is 15.2. The molecule has 1 fully saturated rings. The number of alkyl carbamates (subject to hydrolysis) is 1. The summed E-state index contributed by atoms with van der Waals surface area (Å²) in [7, 11) is -3.95. The van der Waals surface area contributed by atoms with Crippen LogP contribution in [0.25, 0.3) is 0 Å². The molecule has 8 nitrogen and oxygen atoms in total. The molecule has 3 unspecified atom stereocenters. The van der Waals surface area contributed by atoms with Crippen LogP contribution in [0.1, 0.15) is 69.1 Å². The molecule has 0 radical (unpaired) electrons. The van der Waals surface area contributed by atoms with E-state index in [1.807, 2.05) is 68.4 Å². The third-order valence-electron chi connectivity index (χ3n) is 7.64. The molecule has 0 spiro atoms. The highest BCUT2D eigenvalue weighted by molar-refractivity contribution is 7.58. The Hall–Kier alpha value is -2.67. The van der Waals surface area contributed by atoms with E-state index in [4.69, 9.17) is 10.5 Å². The summed E-state index contributed by atoms with van der Waals surface area (Å²) in [5.41, 5.74) is 8.48. The molecule has 39 heavy (non-hydrogen) atoms. The lowest BCUT2D eigenvalue weighted by Gasteiger charge is -2.36. The van der Waals surface area contributed by atoms with Gasteiger partial charge in [0.05, 0.1) is 0 Å². The van der Waals surface area contributed by atoms with Crippen LogP contribution >= 0.6 is 7.37 Å². The number of carbonyl (C=O) groups excluding carboxylic acids is 2. The maximum atomic E-state index is 14.0. The van der Waals surface area contributed by atoms with Gasteiger partial charge < -0.3 is 25.6 Å². The number of hydrogen-bond acceptors (Lipinski definition) is 5. The Balaban J connectivity index is 1.76. The molecule has 0 saturated heterocycles. The lowest BCUT2D eigenvalue weighted by molar-refractivity contribution is -0.121. The third kappa shape index (κ3) is 9.79. The zero-order valence-electron chi connectivity index (χ0n) is 23.2. The lowest BCUT2D eigenvalue weighted by atomic mass is 9.87.